The van der Waals surface area contributed by atoms with E-state index in [2.05, 4.69) is 18.2 Å². The Kier molecular flexibility index (Phi) is 4.78. The Balaban J connectivity index is 1.53. The molecule has 0 aromatic heterocycles. The maximum atomic E-state index is 12.7. The fourth-order valence-corrected chi connectivity index (χ4v) is 4.21. The van der Waals surface area contributed by atoms with Crippen LogP contribution in [0.25, 0.3) is 0 Å². The second-order valence-corrected chi connectivity index (χ2v) is 7.29. The summed E-state index contributed by atoms with van der Waals surface area (Å²) in [4.78, 5) is 15.3. The molecule has 4 rings (SSSR count). The summed E-state index contributed by atoms with van der Waals surface area (Å²) >= 11 is 1.75. The third kappa shape index (κ3) is 3.26. The number of thioether (sulfide) groups is 1. The van der Waals surface area contributed by atoms with Gasteiger partial charge in [-0.25, -0.2) is 0 Å². The Labute approximate surface area is 157 Å². The van der Waals surface area contributed by atoms with E-state index >= 15 is 0 Å². The zero-order chi connectivity index (χ0) is 17.9. The first kappa shape index (κ1) is 16.9. The second-order valence-electron chi connectivity index (χ2n) is 6.28. The molecule has 0 bridgehead atoms. The highest BCUT2D eigenvalue weighted by molar-refractivity contribution is 7.98. The Hall–Kier alpha value is -2.56. The van der Waals surface area contributed by atoms with Gasteiger partial charge < -0.3 is 10.0 Å². The van der Waals surface area contributed by atoms with Crippen LogP contribution >= 0.6 is 11.8 Å². The number of aliphatic hydroxyl groups excluding tert-OH is 1. The van der Waals surface area contributed by atoms with Crippen molar-refractivity contribution in [3.8, 4) is 0 Å². The molecule has 1 N–H and O–H groups in total. The van der Waals surface area contributed by atoms with Crippen LogP contribution in [0.15, 0.2) is 83.8 Å². The summed E-state index contributed by atoms with van der Waals surface area (Å²) in [5, 5.41) is 10.6. The number of carbonyl (C=O) groups is 1. The monoisotopic (exact) mass is 361 g/mol. The lowest BCUT2D eigenvalue weighted by molar-refractivity contribution is 0.0134. The van der Waals surface area contributed by atoms with Crippen molar-refractivity contribution < 1.29 is 9.90 Å². The number of benzene rings is 3. The van der Waals surface area contributed by atoms with Crippen LogP contribution < -0.4 is 0 Å². The molecule has 1 aliphatic rings. The molecule has 3 aromatic rings. The van der Waals surface area contributed by atoms with Crippen molar-refractivity contribution in [3.63, 3.8) is 0 Å². The predicted octanol–water partition coefficient (Wildman–Crippen LogP) is 4.63. The van der Waals surface area contributed by atoms with E-state index in [9.17, 15) is 9.90 Å². The first-order valence-corrected chi connectivity index (χ1v) is 9.55. The van der Waals surface area contributed by atoms with Crippen molar-refractivity contribution in [2.24, 2.45) is 0 Å². The van der Waals surface area contributed by atoms with Gasteiger partial charge in [0.05, 0.1) is 0 Å². The summed E-state index contributed by atoms with van der Waals surface area (Å²) in [6.07, 6.45) is -0.883. The first-order valence-electron chi connectivity index (χ1n) is 8.56. The van der Waals surface area contributed by atoms with Gasteiger partial charge in [-0.1, -0.05) is 66.7 Å². The van der Waals surface area contributed by atoms with Crippen molar-refractivity contribution in [2.75, 3.05) is 0 Å². The van der Waals surface area contributed by atoms with E-state index in [1.807, 2.05) is 54.6 Å². The van der Waals surface area contributed by atoms with Gasteiger partial charge in [0.2, 0.25) is 0 Å². The summed E-state index contributed by atoms with van der Waals surface area (Å²) < 4.78 is 0. The molecule has 1 heterocycles. The van der Waals surface area contributed by atoms with E-state index in [1.165, 1.54) is 10.5 Å². The molecule has 0 spiro atoms. The topological polar surface area (TPSA) is 40.5 Å². The zero-order valence-corrected chi connectivity index (χ0v) is 15.0. The molecule has 0 aliphatic carbocycles. The molecule has 0 saturated carbocycles. The summed E-state index contributed by atoms with van der Waals surface area (Å²) in [6, 6.07) is 25.7. The molecular weight excluding hydrogens is 342 g/mol. The highest BCUT2D eigenvalue weighted by atomic mass is 32.2. The zero-order valence-electron chi connectivity index (χ0n) is 14.2. The number of nitrogens with zero attached hydrogens (tertiary/aromatic N) is 1. The lowest BCUT2D eigenvalue weighted by atomic mass is 10.1. The molecule has 26 heavy (non-hydrogen) atoms. The van der Waals surface area contributed by atoms with Crippen molar-refractivity contribution in [3.05, 3.63) is 101 Å². The van der Waals surface area contributed by atoms with Gasteiger partial charge in [-0.3, -0.25) is 4.79 Å². The van der Waals surface area contributed by atoms with Crippen LogP contribution in [-0.2, 0) is 12.3 Å². The summed E-state index contributed by atoms with van der Waals surface area (Å²) in [7, 11) is 0. The Bertz CT molecular complexity index is 926. The number of hydrogen-bond acceptors (Lipinski definition) is 3. The van der Waals surface area contributed by atoms with Gasteiger partial charge in [0.15, 0.2) is 6.23 Å². The number of carbonyl (C=O) groups excluding carboxylic acids is 1. The van der Waals surface area contributed by atoms with E-state index in [0.29, 0.717) is 17.7 Å². The fraction of sp³-hybridized carbons (Fsp3) is 0.136. The van der Waals surface area contributed by atoms with Crippen LogP contribution in [-0.4, -0.2) is 15.9 Å². The smallest absolute Gasteiger partial charge is 0.256 e. The number of rotatable bonds is 5. The van der Waals surface area contributed by atoms with E-state index < -0.39 is 6.23 Å². The molecule has 1 unspecified atom stereocenters. The van der Waals surface area contributed by atoms with Gasteiger partial charge in [-0.05, 0) is 23.3 Å². The van der Waals surface area contributed by atoms with Crippen molar-refractivity contribution >= 4 is 17.7 Å². The molecule has 1 aliphatic heterocycles. The quantitative estimate of drug-likeness (QED) is 0.674. The lowest BCUT2D eigenvalue weighted by Crippen LogP contribution is -2.27. The standard InChI is InChI=1S/C22H19NO2S/c24-21-18-11-5-6-12-19(18)22(25)23(21)14-17-10-4-7-13-20(17)26-15-16-8-2-1-3-9-16/h1-13,21,24H,14-15H2. The molecule has 0 fully saturated rings. The number of aliphatic hydroxyl groups is 1. The average molecular weight is 361 g/mol. The summed E-state index contributed by atoms with van der Waals surface area (Å²) in [5.41, 5.74) is 3.59. The Morgan fingerprint density at radius 1 is 0.885 bits per heavy atom. The van der Waals surface area contributed by atoms with Gasteiger partial charge >= 0.3 is 0 Å². The van der Waals surface area contributed by atoms with Crippen molar-refractivity contribution in [1.29, 1.82) is 0 Å². The molecule has 0 saturated heterocycles. The normalized spacial score (nSPS) is 16.0. The SMILES string of the molecule is O=C1c2ccccc2C(O)N1Cc1ccccc1SCc1ccccc1. The van der Waals surface area contributed by atoms with E-state index in [-0.39, 0.29) is 5.91 Å². The largest absolute Gasteiger partial charge is 0.369 e. The van der Waals surface area contributed by atoms with E-state index in [1.54, 1.807) is 17.8 Å². The molecule has 4 heteroatoms. The van der Waals surface area contributed by atoms with Crippen LogP contribution in [0.3, 0.4) is 0 Å². The second kappa shape index (κ2) is 7.36. The van der Waals surface area contributed by atoms with E-state index in [0.717, 1.165) is 16.2 Å². The highest BCUT2D eigenvalue weighted by Crippen LogP contribution is 2.34. The average Bonchev–Trinajstić information content (AvgIpc) is 2.93. The van der Waals surface area contributed by atoms with Gasteiger partial charge in [0.25, 0.3) is 5.91 Å². The minimum absolute atomic E-state index is 0.115. The van der Waals surface area contributed by atoms with Crippen LogP contribution in [0.2, 0.25) is 0 Å². The molecule has 130 valence electrons. The van der Waals surface area contributed by atoms with Crippen LogP contribution in [0.4, 0.5) is 0 Å². The van der Waals surface area contributed by atoms with Crippen molar-refractivity contribution in [1.82, 2.24) is 4.90 Å². The minimum Gasteiger partial charge on any atom is -0.369 e. The molecular formula is C22H19NO2S. The summed E-state index contributed by atoms with van der Waals surface area (Å²) in [5.74, 6) is 0.755. The van der Waals surface area contributed by atoms with E-state index in [4.69, 9.17) is 0 Å². The maximum Gasteiger partial charge on any atom is 0.256 e. The van der Waals surface area contributed by atoms with Crippen molar-refractivity contribution in [2.45, 2.75) is 23.4 Å². The fourth-order valence-electron chi connectivity index (χ4n) is 3.20. The third-order valence-corrected chi connectivity index (χ3v) is 5.76. The third-order valence-electron chi connectivity index (χ3n) is 4.58. The van der Waals surface area contributed by atoms with Gasteiger partial charge in [0, 0.05) is 28.3 Å². The number of amides is 1. The van der Waals surface area contributed by atoms with Crippen LogP contribution in [0.5, 0.6) is 0 Å². The molecule has 0 radical (unpaired) electrons. The summed E-state index contributed by atoms with van der Waals surface area (Å²) in [6.45, 7) is 0.395. The first-order chi connectivity index (χ1) is 12.7. The Morgan fingerprint density at radius 3 is 2.38 bits per heavy atom. The van der Waals surface area contributed by atoms with Gasteiger partial charge in [-0.15, -0.1) is 11.8 Å². The van der Waals surface area contributed by atoms with Crippen LogP contribution in [0.1, 0.15) is 33.3 Å². The minimum atomic E-state index is -0.883. The number of hydrogen-bond donors (Lipinski definition) is 1. The molecule has 3 aromatic carbocycles. The van der Waals surface area contributed by atoms with Crippen LogP contribution in [0, 0.1) is 0 Å². The molecule has 3 nitrogen and oxygen atoms in total. The predicted molar refractivity (Wildman–Crippen MR) is 104 cm³/mol. The Morgan fingerprint density at radius 2 is 1.58 bits per heavy atom. The van der Waals surface area contributed by atoms with Gasteiger partial charge in [0.1, 0.15) is 0 Å². The number of fused-ring (bicyclic) bond motifs is 1. The van der Waals surface area contributed by atoms with Gasteiger partial charge in [-0.2, -0.15) is 0 Å². The molecule has 1 atom stereocenters. The maximum absolute atomic E-state index is 12.7. The highest BCUT2D eigenvalue weighted by Gasteiger charge is 2.35. The molecule has 1 amide bonds. The lowest BCUT2D eigenvalue weighted by Gasteiger charge is -2.22.